The molecule has 0 amide bonds. The fourth-order valence-corrected chi connectivity index (χ4v) is 10.3. The standard InChI is InChI=1S/C32H43FN2O3.C11H12F3NO2/c1-32-12-11-26-25-7-5-23(36)19-22(25)18-21(31(26)27(32)8-10-30(32)37)4-3-13-34-14-16-35(17-15-34)29-9-6-24(38-2)20-28(29)33;12-11(13,14)9-4-1-5-10(15-9)17-8-3-2-6-16-7-8/h5-7,9,19-21,26-27,30-31,36-37H,3-4,8,10-18H2,1-2H3;1,4-5,8H,2-3,6-7H2. The second-order valence-electron chi connectivity index (χ2n) is 16.4. The van der Waals surface area contributed by atoms with Crippen molar-refractivity contribution in [3.8, 4) is 17.4 Å². The smallest absolute Gasteiger partial charge is 0.433 e. The van der Waals surface area contributed by atoms with Gasteiger partial charge in [-0.05, 0) is 135 Å². The summed E-state index contributed by atoms with van der Waals surface area (Å²) in [6.07, 6.45) is 4.53. The van der Waals surface area contributed by atoms with E-state index >= 15 is 0 Å². The normalized spacial score (nSPS) is 29.3. The molecule has 12 heteroatoms. The van der Waals surface area contributed by atoms with Crippen LogP contribution in [0.15, 0.2) is 54.6 Å². The Balaban J connectivity index is 0.000000229. The number of phenolic OH excluding ortho intramolecular Hbond substituents is 1. The molecule has 0 radical (unpaired) electrons. The van der Waals surface area contributed by atoms with E-state index in [1.807, 2.05) is 24.3 Å². The fraction of sp³-hybridized carbons (Fsp3) is 0.605. The summed E-state index contributed by atoms with van der Waals surface area (Å²) in [6, 6.07) is 14.8. The fourth-order valence-electron chi connectivity index (χ4n) is 10.3. The molecule has 55 heavy (non-hydrogen) atoms. The Kier molecular flexibility index (Phi) is 12.1. The van der Waals surface area contributed by atoms with Crippen LogP contribution in [0.3, 0.4) is 0 Å². The average molecular weight is 770 g/mol. The number of aromatic hydroxyl groups is 1. The van der Waals surface area contributed by atoms with Crippen LogP contribution in [0.5, 0.6) is 17.4 Å². The lowest BCUT2D eigenvalue weighted by atomic mass is 9.52. The molecule has 0 spiro atoms. The number of rotatable bonds is 8. The number of aliphatic hydroxyl groups excluding tert-OH is 1. The quantitative estimate of drug-likeness (QED) is 0.222. The van der Waals surface area contributed by atoms with E-state index in [4.69, 9.17) is 14.2 Å². The number of anilines is 1. The monoisotopic (exact) mass is 769 g/mol. The molecule has 2 saturated heterocycles. The highest BCUT2D eigenvalue weighted by atomic mass is 19.4. The maximum Gasteiger partial charge on any atom is 0.433 e. The van der Waals surface area contributed by atoms with Gasteiger partial charge in [-0.25, -0.2) is 9.37 Å². The van der Waals surface area contributed by atoms with Crippen LogP contribution in [0.1, 0.15) is 81.0 Å². The highest BCUT2D eigenvalue weighted by Gasteiger charge is 2.56. The first kappa shape index (κ1) is 39.6. The number of hydrogen-bond acceptors (Lipinski definition) is 8. The second kappa shape index (κ2) is 16.9. The van der Waals surface area contributed by atoms with Gasteiger partial charge in [0.2, 0.25) is 5.88 Å². The molecular weight excluding hydrogens is 714 g/mol. The second-order valence-corrected chi connectivity index (χ2v) is 16.4. The van der Waals surface area contributed by atoms with Crippen molar-refractivity contribution in [1.29, 1.82) is 0 Å². The van der Waals surface area contributed by atoms with E-state index in [-0.39, 0.29) is 29.3 Å². The maximum atomic E-state index is 14.6. The van der Waals surface area contributed by atoms with Gasteiger partial charge in [-0.2, -0.15) is 13.2 Å². The number of methoxy groups -OCH3 is 1. The molecule has 3 aliphatic carbocycles. The highest BCUT2D eigenvalue weighted by molar-refractivity contribution is 5.51. The van der Waals surface area contributed by atoms with Gasteiger partial charge in [-0.15, -0.1) is 0 Å². The number of nitrogens with zero attached hydrogens (tertiary/aromatic N) is 3. The van der Waals surface area contributed by atoms with Crippen LogP contribution >= 0.6 is 0 Å². The molecule has 2 saturated carbocycles. The molecule has 7 atom stereocenters. The third-order valence-corrected chi connectivity index (χ3v) is 13.2. The number of ether oxygens (including phenoxy) is 3. The van der Waals surface area contributed by atoms with E-state index in [0.717, 1.165) is 90.2 Å². The molecule has 4 fully saturated rings. The van der Waals surface area contributed by atoms with Crippen molar-refractivity contribution in [2.45, 2.75) is 89.0 Å². The van der Waals surface area contributed by atoms with Crippen LogP contribution in [-0.4, -0.2) is 85.4 Å². The van der Waals surface area contributed by atoms with Crippen molar-refractivity contribution < 1.29 is 42.0 Å². The molecule has 0 bridgehead atoms. The number of halogens is 4. The number of fused-ring (bicyclic) bond motifs is 5. The van der Waals surface area contributed by atoms with E-state index in [0.29, 0.717) is 54.1 Å². The first-order valence-corrected chi connectivity index (χ1v) is 20.0. The predicted octanol–water partition coefficient (Wildman–Crippen LogP) is 8.24. The van der Waals surface area contributed by atoms with Crippen molar-refractivity contribution in [2.24, 2.45) is 23.2 Å². The molecule has 8 rings (SSSR count). The number of benzene rings is 2. The molecule has 300 valence electrons. The summed E-state index contributed by atoms with van der Waals surface area (Å²) in [5, 5.41) is 21.1. The Labute approximate surface area is 321 Å². The first-order chi connectivity index (χ1) is 26.4. The predicted molar refractivity (Wildman–Crippen MR) is 202 cm³/mol. The zero-order valence-electron chi connectivity index (χ0n) is 31.9. The number of aromatic nitrogens is 1. The summed E-state index contributed by atoms with van der Waals surface area (Å²) >= 11 is 0. The lowest BCUT2D eigenvalue weighted by Crippen LogP contribution is -2.48. The summed E-state index contributed by atoms with van der Waals surface area (Å²) < 4.78 is 67.5. The molecule has 7 unspecified atom stereocenters. The number of piperazine rings is 1. The molecule has 2 aliphatic heterocycles. The summed E-state index contributed by atoms with van der Waals surface area (Å²) in [7, 11) is 1.56. The lowest BCUT2D eigenvalue weighted by Gasteiger charge is -2.53. The minimum Gasteiger partial charge on any atom is -0.508 e. The van der Waals surface area contributed by atoms with Gasteiger partial charge in [0, 0.05) is 44.9 Å². The van der Waals surface area contributed by atoms with Gasteiger partial charge in [0.05, 0.1) is 25.5 Å². The first-order valence-electron chi connectivity index (χ1n) is 20.0. The van der Waals surface area contributed by atoms with Crippen LogP contribution in [0.25, 0.3) is 0 Å². The topological polar surface area (TPSA) is 87.5 Å². The molecule has 2 N–H and O–H groups in total. The number of phenols is 1. The number of alkyl halides is 3. The Morgan fingerprint density at radius 1 is 1.00 bits per heavy atom. The number of pyridine rings is 1. The number of hydrogen-bond donors (Lipinski definition) is 2. The largest absolute Gasteiger partial charge is 0.508 e. The molecule has 8 nitrogen and oxygen atoms in total. The molecule has 3 aromatic rings. The van der Waals surface area contributed by atoms with E-state index in [9.17, 15) is 27.8 Å². The van der Waals surface area contributed by atoms with E-state index in [1.165, 1.54) is 35.7 Å². The lowest BCUT2D eigenvalue weighted by molar-refractivity contribution is -0.141. The van der Waals surface area contributed by atoms with Gasteiger partial charge in [0.25, 0.3) is 0 Å². The van der Waals surface area contributed by atoms with Crippen LogP contribution in [0.4, 0.5) is 23.2 Å². The van der Waals surface area contributed by atoms with Gasteiger partial charge in [-0.3, -0.25) is 4.90 Å². The average Bonchev–Trinajstić information content (AvgIpc) is 3.48. The third kappa shape index (κ3) is 8.86. The molecule has 5 aliphatic rings. The van der Waals surface area contributed by atoms with Gasteiger partial charge < -0.3 is 29.3 Å². The summed E-state index contributed by atoms with van der Waals surface area (Å²) in [4.78, 5) is 8.11. The van der Waals surface area contributed by atoms with E-state index < -0.39 is 11.9 Å². The van der Waals surface area contributed by atoms with Gasteiger partial charge in [-0.1, -0.05) is 19.1 Å². The zero-order chi connectivity index (χ0) is 38.7. The summed E-state index contributed by atoms with van der Waals surface area (Å²) in [5.41, 5.74) is 2.58. The minimum absolute atomic E-state index is 0.00433. The molecule has 1 aromatic heterocycles. The zero-order valence-corrected chi connectivity index (χ0v) is 31.9. The summed E-state index contributed by atoms with van der Waals surface area (Å²) in [5.74, 6) is 3.07. The maximum absolute atomic E-state index is 14.6. The van der Waals surface area contributed by atoms with Crippen molar-refractivity contribution in [1.82, 2.24) is 9.88 Å². The van der Waals surface area contributed by atoms with Crippen LogP contribution in [-0.2, 0) is 17.3 Å². The van der Waals surface area contributed by atoms with Crippen molar-refractivity contribution >= 4 is 5.69 Å². The minimum atomic E-state index is -4.44. The highest BCUT2D eigenvalue weighted by Crippen LogP contribution is 2.62. The SMILES string of the molecule is COc1ccc(N2CCN(CCCC3Cc4cc(O)ccc4C4CCC5(C)C(O)CCC5C34)CC2)c(F)c1.FC(F)(F)c1cccc(OC2CCCOC2)n1. The Bertz CT molecular complexity index is 1750. The van der Waals surface area contributed by atoms with Crippen LogP contribution < -0.4 is 14.4 Å². The third-order valence-electron chi connectivity index (χ3n) is 13.2. The van der Waals surface area contributed by atoms with Crippen molar-refractivity contribution in [3.63, 3.8) is 0 Å². The molecular formula is C43H55F4N3O5. The van der Waals surface area contributed by atoms with E-state index in [1.54, 1.807) is 7.11 Å². The van der Waals surface area contributed by atoms with Crippen LogP contribution in [0.2, 0.25) is 0 Å². The van der Waals surface area contributed by atoms with E-state index in [2.05, 4.69) is 27.8 Å². The van der Waals surface area contributed by atoms with Crippen molar-refractivity contribution in [2.75, 3.05) is 57.9 Å². The van der Waals surface area contributed by atoms with Gasteiger partial charge in [0.15, 0.2) is 0 Å². The van der Waals surface area contributed by atoms with Crippen LogP contribution in [0, 0.1) is 29.0 Å². The van der Waals surface area contributed by atoms with Crippen molar-refractivity contribution in [3.05, 3.63) is 77.2 Å². The molecule has 3 heterocycles. The Morgan fingerprint density at radius 2 is 1.82 bits per heavy atom. The Hall–Kier alpha value is -3.61. The van der Waals surface area contributed by atoms with Gasteiger partial charge in [0.1, 0.15) is 29.1 Å². The number of aliphatic hydroxyl groups is 1. The Morgan fingerprint density at radius 3 is 2.55 bits per heavy atom. The molecule has 2 aromatic carbocycles. The van der Waals surface area contributed by atoms with Gasteiger partial charge >= 0.3 is 6.18 Å². The summed E-state index contributed by atoms with van der Waals surface area (Å²) in [6.45, 7) is 8.07.